The number of nitrogens with zero attached hydrogens (tertiary/aromatic N) is 3. The van der Waals surface area contributed by atoms with E-state index in [1.165, 1.54) is 16.8 Å². The molecule has 0 aromatic carbocycles. The Morgan fingerprint density at radius 3 is 2.17 bits per heavy atom. The fourth-order valence-corrected chi connectivity index (χ4v) is 2.92. The van der Waals surface area contributed by atoms with Crippen molar-refractivity contribution in [3.05, 3.63) is 0 Å². The van der Waals surface area contributed by atoms with Gasteiger partial charge in [0.15, 0.2) is 0 Å². The number of rotatable bonds is 3. The average molecular weight is 325 g/mol. The molecule has 9 nitrogen and oxygen atoms in total. The predicted octanol–water partition coefficient (Wildman–Crippen LogP) is -1.39. The second-order valence-electron chi connectivity index (χ2n) is 6.78. The Bertz CT molecular complexity index is 572. The van der Waals surface area contributed by atoms with Crippen LogP contribution in [0.4, 0.5) is 0 Å². The van der Waals surface area contributed by atoms with Crippen molar-refractivity contribution >= 4 is 23.6 Å². The van der Waals surface area contributed by atoms with Crippen molar-refractivity contribution in [2.24, 2.45) is 0 Å². The number of carbonyl (C=O) groups is 4. The molecule has 0 radical (unpaired) electrons. The molecule has 0 aromatic rings. The molecule has 2 aliphatic rings. The second-order valence-corrected chi connectivity index (χ2v) is 6.78. The summed E-state index contributed by atoms with van der Waals surface area (Å²) >= 11 is 0. The summed E-state index contributed by atoms with van der Waals surface area (Å²) in [5, 5.41) is 8.08. The normalized spacial score (nSPS) is 22.3. The number of hydrazine groups is 1. The van der Waals surface area contributed by atoms with Gasteiger partial charge >= 0.3 is 0 Å². The Hall–Kier alpha value is -2.16. The van der Waals surface area contributed by atoms with Crippen molar-refractivity contribution in [2.75, 3.05) is 19.6 Å². The highest BCUT2D eigenvalue weighted by Crippen LogP contribution is 2.22. The fourth-order valence-electron chi connectivity index (χ4n) is 2.92. The number of hydrogen-bond acceptors (Lipinski definition) is 5. The molecule has 2 heterocycles. The molecule has 0 spiro atoms. The van der Waals surface area contributed by atoms with E-state index >= 15 is 0 Å². The summed E-state index contributed by atoms with van der Waals surface area (Å²) in [5.74, 6) is -1.36. The molecule has 0 aromatic heterocycles. The first-order valence-corrected chi connectivity index (χ1v) is 7.43. The van der Waals surface area contributed by atoms with Crippen LogP contribution in [-0.4, -0.2) is 69.5 Å². The van der Waals surface area contributed by atoms with Gasteiger partial charge in [0.25, 0.3) is 5.91 Å². The first kappa shape index (κ1) is 17.2. The van der Waals surface area contributed by atoms with E-state index in [-0.39, 0.29) is 31.4 Å². The summed E-state index contributed by atoms with van der Waals surface area (Å²) in [5.41, 5.74) is -1.59. The largest absolute Gasteiger partial charge is 0.332 e. The quantitative estimate of drug-likeness (QED) is 0.665. The maximum atomic E-state index is 12.6. The van der Waals surface area contributed by atoms with Gasteiger partial charge in [0.2, 0.25) is 17.7 Å². The van der Waals surface area contributed by atoms with E-state index < -0.39 is 23.1 Å². The summed E-state index contributed by atoms with van der Waals surface area (Å²) in [6, 6.07) is 0. The summed E-state index contributed by atoms with van der Waals surface area (Å²) in [7, 11) is 0. The monoisotopic (exact) mass is 325 g/mol. The lowest BCUT2D eigenvalue weighted by molar-refractivity contribution is -0.172. The summed E-state index contributed by atoms with van der Waals surface area (Å²) in [4.78, 5) is 49.6. The molecule has 128 valence electrons. The van der Waals surface area contributed by atoms with E-state index in [1.807, 2.05) is 0 Å². The third kappa shape index (κ3) is 3.14. The van der Waals surface area contributed by atoms with Gasteiger partial charge in [-0.1, -0.05) is 0 Å². The summed E-state index contributed by atoms with van der Waals surface area (Å²) < 4.78 is 0. The van der Waals surface area contributed by atoms with Crippen LogP contribution in [0.3, 0.4) is 0 Å². The molecule has 2 N–H and O–H groups in total. The Morgan fingerprint density at radius 2 is 1.78 bits per heavy atom. The van der Waals surface area contributed by atoms with Gasteiger partial charge in [-0.3, -0.25) is 24.5 Å². The van der Waals surface area contributed by atoms with E-state index in [0.717, 1.165) is 5.01 Å². The topological polar surface area (TPSA) is 102 Å². The van der Waals surface area contributed by atoms with Crippen LogP contribution in [0.25, 0.3) is 0 Å². The van der Waals surface area contributed by atoms with E-state index in [2.05, 4.69) is 10.6 Å². The molecule has 0 atom stereocenters. The third-order valence-electron chi connectivity index (χ3n) is 4.05. The van der Waals surface area contributed by atoms with Crippen LogP contribution in [-0.2, 0) is 19.2 Å². The van der Waals surface area contributed by atoms with Crippen molar-refractivity contribution < 1.29 is 19.2 Å². The van der Waals surface area contributed by atoms with Crippen LogP contribution in [0.2, 0.25) is 0 Å². The number of hydrogen-bond donors (Lipinski definition) is 2. The third-order valence-corrected chi connectivity index (χ3v) is 4.05. The van der Waals surface area contributed by atoms with Gasteiger partial charge in [-0.25, -0.2) is 10.0 Å². The summed E-state index contributed by atoms with van der Waals surface area (Å²) in [6.07, 6.45) is 0. The Morgan fingerprint density at radius 1 is 1.17 bits per heavy atom. The average Bonchev–Trinajstić information content (AvgIpc) is 2.82. The second kappa shape index (κ2) is 5.48. The number of carbonyl (C=O) groups excluding carboxylic acids is 4. The standard InChI is InChI=1S/C14H23N5O4/c1-9(20)18(19-11(22)6-15-13(19,2)3)8-12(23)17-7-10(21)16-14(17,4)5/h15H,6-8H2,1-5H3,(H,16,21). The molecule has 0 bridgehead atoms. The minimum atomic E-state index is -0.820. The SMILES string of the molecule is CC(=O)N(CC(=O)N1CC(=O)NC1(C)C)N1C(=O)CNC1(C)C. The lowest BCUT2D eigenvalue weighted by Gasteiger charge is -2.40. The molecule has 2 rings (SSSR count). The molecular formula is C14H23N5O4. The van der Waals surface area contributed by atoms with Crippen LogP contribution in [0.15, 0.2) is 0 Å². The first-order chi connectivity index (χ1) is 10.5. The molecular weight excluding hydrogens is 302 g/mol. The molecule has 0 aliphatic carbocycles. The van der Waals surface area contributed by atoms with Gasteiger partial charge in [-0.2, -0.15) is 0 Å². The van der Waals surface area contributed by atoms with Crippen molar-refractivity contribution in [2.45, 2.75) is 45.9 Å². The molecule has 4 amide bonds. The van der Waals surface area contributed by atoms with Crippen LogP contribution in [0.1, 0.15) is 34.6 Å². The zero-order valence-corrected chi connectivity index (χ0v) is 14.1. The molecule has 23 heavy (non-hydrogen) atoms. The maximum Gasteiger partial charge on any atom is 0.256 e. The van der Waals surface area contributed by atoms with E-state index in [4.69, 9.17) is 0 Å². The number of amides is 4. The van der Waals surface area contributed by atoms with Gasteiger partial charge in [0, 0.05) is 6.92 Å². The van der Waals surface area contributed by atoms with E-state index in [9.17, 15) is 19.2 Å². The Kier molecular flexibility index (Phi) is 4.10. The molecule has 2 aliphatic heterocycles. The van der Waals surface area contributed by atoms with Crippen molar-refractivity contribution in [1.82, 2.24) is 25.6 Å². The van der Waals surface area contributed by atoms with Gasteiger partial charge in [-0.15, -0.1) is 0 Å². The Labute approximate surface area is 134 Å². The van der Waals surface area contributed by atoms with Crippen LogP contribution < -0.4 is 10.6 Å². The van der Waals surface area contributed by atoms with Gasteiger partial charge in [0.05, 0.1) is 6.54 Å². The lowest BCUT2D eigenvalue weighted by Crippen LogP contribution is -2.60. The zero-order chi connectivity index (χ0) is 17.6. The van der Waals surface area contributed by atoms with Crippen LogP contribution >= 0.6 is 0 Å². The molecule has 9 heteroatoms. The van der Waals surface area contributed by atoms with E-state index in [1.54, 1.807) is 27.7 Å². The Balaban J connectivity index is 2.21. The molecule has 0 unspecified atom stereocenters. The number of nitrogens with one attached hydrogen (secondary N) is 2. The maximum absolute atomic E-state index is 12.6. The highest BCUT2D eigenvalue weighted by Gasteiger charge is 2.45. The van der Waals surface area contributed by atoms with Crippen LogP contribution in [0, 0.1) is 0 Å². The van der Waals surface area contributed by atoms with Crippen LogP contribution in [0.5, 0.6) is 0 Å². The minimum Gasteiger partial charge on any atom is -0.332 e. The summed E-state index contributed by atoms with van der Waals surface area (Å²) in [6.45, 7) is 7.96. The molecule has 2 fully saturated rings. The fraction of sp³-hybridized carbons (Fsp3) is 0.714. The first-order valence-electron chi connectivity index (χ1n) is 7.43. The predicted molar refractivity (Wildman–Crippen MR) is 80.2 cm³/mol. The van der Waals surface area contributed by atoms with Crippen molar-refractivity contribution in [1.29, 1.82) is 0 Å². The van der Waals surface area contributed by atoms with Crippen molar-refractivity contribution in [3.8, 4) is 0 Å². The van der Waals surface area contributed by atoms with Gasteiger partial charge in [0.1, 0.15) is 24.4 Å². The lowest BCUT2D eigenvalue weighted by atomic mass is 10.2. The molecule has 2 saturated heterocycles. The van der Waals surface area contributed by atoms with Crippen molar-refractivity contribution in [3.63, 3.8) is 0 Å². The molecule has 0 saturated carbocycles. The van der Waals surface area contributed by atoms with Gasteiger partial charge < -0.3 is 10.2 Å². The highest BCUT2D eigenvalue weighted by molar-refractivity contribution is 5.92. The van der Waals surface area contributed by atoms with E-state index in [0.29, 0.717) is 0 Å². The smallest absolute Gasteiger partial charge is 0.256 e. The highest BCUT2D eigenvalue weighted by atomic mass is 16.2. The van der Waals surface area contributed by atoms with Gasteiger partial charge in [-0.05, 0) is 27.7 Å². The zero-order valence-electron chi connectivity index (χ0n) is 14.1. The minimum absolute atomic E-state index is 0.0623.